The molecule has 2 rings (SSSR count). The Hall–Kier alpha value is -2.27. The molecule has 0 radical (unpaired) electrons. The highest BCUT2D eigenvalue weighted by Crippen LogP contribution is 2.15. The van der Waals surface area contributed by atoms with Gasteiger partial charge in [0.2, 0.25) is 0 Å². The maximum Gasteiger partial charge on any atom is 0.188 e. The van der Waals surface area contributed by atoms with Crippen molar-refractivity contribution >= 4 is 17.6 Å². The van der Waals surface area contributed by atoms with E-state index in [1.807, 2.05) is 36.4 Å². The van der Waals surface area contributed by atoms with Gasteiger partial charge in [-0.3, -0.25) is 4.98 Å². The van der Waals surface area contributed by atoms with Crippen molar-refractivity contribution in [3.8, 4) is 5.75 Å². The van der Waals surface area contributed by atoms with Crippen LogP contribution in [0.5, 0.6) is 5.75 Å². The number of unbranched alkanes of at least 4 members (excludes halogenated alkanes) is 3. The van der Waals surface area contributed by atoms with Crippen LogP contribution in [0.1, 0.15) is 31.2 Å². The first-order chi connectivity index (χ1) is 12.2. The number of halogens is 1. The van der Waals surface area contributed by atoms with Crippen molar-refractivity contribution in [1.82, 2.24) is 10.3 Å². The molecule has 1 aromatic carbocycles. The fourth-order valence-electron chi connectivity index (χ4n) is 2.24. The number of nitrogens with one attached hydrogen (secondary N) is 1. The molecule has 6 heteroatoms. The van der Waals surface area contributed by atoms with Gasteiger partial charge in [0.25, 0.3) is 0 Å². The second-order valence-electron chi connectivity index (χ2n) is 5.71. The number of aliphatic imine (C=N–C) groups is 1. The molecule has 0 aliphatic carbocycles. The quantitative estimate of drug-likeness (QED) is 0.384. The summed E-state index contributed by atoms with van der Waals surface area (Å²) in [6.07, 6.45) is 7.89. The molecule has 0 saturated carbocycles. The van der Waals surface area contributed by atoms with E-state index < -0.39 is 0 Å². The third-order valence-corrected chi connectivity index (χ3v) is 3.87. The lowest BCUT2D eigenvalue weighted by atomic mass is 10.2. The van der Waals surface area contributed by atoms with Crippen LogP contribution in [0.4, 0.5) is 0 Å². The first kappa shape index (κ1) is 19.1. The molecule has 0 aliphatic rings. The van der Waals surface area contributed by atoms with E-state index >= 15 is 0 Å². The molecule has 0 bridgehead atoms. The zero-order valence-corrected chi connectivity index (χ0v) is 15.1. The molecule has 1 aromatic heterocycles. The number of benzene rings is 1. The summed E-state index contributed by atoms with van der Waals surface area (Å²) in [6, 6.07) is 11.3. The molecule has 134 valence electrons. The zero-order chi connectivity index (χ0) is 17.7. The largest absolute Gasteiger partial charge is 0.494 e. The number of nitrogens with zero attached hydrogens (tertiary/aromatic N) is 2. The molecule has 3 N–H and O–H groups in total. The lowest BCUT2D eigenvalue weighted by Crippen LogP contribution is -2.32. The van der Waals surface area contributed by atoms with E-state index in [4.69, 9.17) is 22.1 Å². The summed E-state index contributed by atoms with van der Waals surface area (Å²) < 4.78 is 5.66. The van der Waals surface area contributed by atoms with Gasteiger partial charge in [0.1, 0.15) is 5.75 Å². The number of nitrogens with two attached hydrogens (primary N) is 1. The summed E-state index contributed by atoms with van der Waals surface area (Å²) in [4.78, 5) is 8.35. The zero-order valence-electron chi connectivity index (χ0n) is 14.3. The summed E-state index contributed by atoms with van der Waals surface area (Å²) in [6.45, 7) is 2.11. The van der Waals surface area contributed by atoms with Gasteiger partial charge in [0, 0.05) is 24.0 Å². The number of aromatic nitrogens is 1. The molecule has 0 atom stereocenters. The average molecular weight is 361 g/mol. The summed E-state index contributed by atoms with van der Waals surface area (Å²) >= 11 is 5.84. The Labute approximate surface area is 154 Å². The van der Waals surface area contributed by atoms with Gasteiger partial charge in [-0.25, -0.2) is 4.99 Å². The minimum absolute atomic E-state index is 0.481. The van der Waals surface area contributed by atoms with Gasteiger partial charge in [-0.1, -0.05) is 30.5 Å². The standard InChI is InChI=1S/C19H25ClN4O/c20-17-7-9-18(10-8-17)25-13-4-2-1-3-12-23-19(21)24-15-16-6-5-11-22-14-16/h5-11,14H,1-4,12-13,15H2,(H3,21,23,24). The number of ether oxygens (including phenoxy) is 1. The van der Waals surface area contributed by atoms with Crippen molar-refractivity contribution in [1.29, 1.82) is 0 Å². The third-order valence-electron chi connectivity index (χ3n) is 3.61. The van der Waals surface area contributed by atoms with Gasteiger partial charge in [0.05, 0.1) is 13.2 Å². The SMILES string of the molecule is NC(=NCc1cccnc1)NCCCCCCOc1ccc(Cl)cc1. The highest BCUT2D eigenvalue weighted by Gasteiger charge is 1.96. The Morgan fingerprint density at radius 1 is 1.12 bits per heavy atom. The monoisotopic (exact) mass is 360 g/mol. The molecule has 0 spiro atoms. The Morgan fingerprint density at radius 2 is 1.92 bits per heavy atom. The molecule has 0 fully saturated rings. The summed E-state index contributed by atoms with van der Waals surface area (Å²) in [5.41, 5.74) is 6.90. The van der Waals surface area contributed by atoms with Crippen molar-refractivity contribution in [2.45, 2.75) is 32.2 Å². The first-order valence-corrected chi connectivity index (χ1v) is 8.93. The number of pyridine rings is 1. The maximum absolute atomic E-state index is 5.85. The van der Waals surface area contributed by atoms with Crippen molar-refractivity contribution in [3.05, 3.63) is 59.4 Å². The predicted octanol–water partition coefficient (Wildman–Crippen LogP) is 3.78. The Bertz CT molecular complexity index is 632. The van der Waals surface area contributed by atoms with E-state index in [9.17, 15) is 0 Å². The van der Waals surface area contributed by atoms with Crippen LogP contribution in [0.3, 0.4) is 0 Å². The topological polar surface area (TPSA) is 72.5 Å². The highest BCUT2D eigenvalue weighted by molar-refractivity contribution is 6.30. The third kappa shape index (κ3) is 8.40. The van der Waals surface area contributed by atoms with E-state index in [2.05, 4.69) is 15.3 Å². The lowest BCUT2D eigenvalue weighted by Gasteiger charge is -2.07. The van der Waals surface area contributed by atoms with Crippen LogP contribution in [-0.4, -0.2) is 24.1 Å². The Kier molecular flexibility index (Phi) is 8.63. The van der Waals surface area contributed by atoms with Gasteiger partial charge in [-0.15, -0.1) is 0 Å². The smallest absolute Gasteiger partial charge is 0.188 e. The molecule has 2 aromatic rings. The lowest BCUT2D eigenvalue weighted by molar-refractivity contribution is 0.304. The Morgan fingerprint density at radius 3 is 2.68 bits per heavy atom. The number of rotatable bonds is 10. The predicted molar refractivity (Wildman–Crippen MR) is 103 cm³/mol. The minimum Gasteiger partial charge on any atom is -0.494 e. The van der Waals surface area contributed by atoms with Gasteiger partial charge in [-0.2, -0.15) is 0 Å². The fraction of sp³-hybridized carbons (Fsp3) is 0.368. The number of hydrogen-bond donors (Lipinski definition) is 2. The Balaban J connectivity index is 1.47. The van der Waals surface area contributed by atoms with Crippen LogP contribution < -0.4 is 15.8 Å². The molecule has 1 heterocycles. The summed E-state index contributed by atoms with van der Waals surface area (Å²) in [5.74, 6) is 1.35. The number of hydrogen-bond acceptors (Lipinski definition) is 3. The van der Waals surface area contributed by atoms with Crippen molar-refractivity contribution in [3.63, 3.8) is 0 Å². The summed E-state index contributed by atoms with van der Waals surface area (Å²) in [7, 11) is 0. The molecule has 0 amide bonds. The minimum atomic E-state index is 0.481. The second-order valence-corrected chi connectivity index (χ2v) is 6.14. The fourth-order valence-corrected chi connectivity index (χ4v) is 2.37. The van der Waals surface area contributed by atoms with Crippen molar-refractivity contribution in [2.24, 2.45) is 10.7 Å². The van der Waals surface area contributed by atoms with Crippen LogP contribution >= 0.6 is 11.6 Å². The van der Waals surface area contributed by atoms with E-state index in [1.165, 1.54) is 0 Å². The number of guanidine groups is 1. The van der Waals surface area contributed by atoms with Crippen LogP contribution in [0, 0.1) is 0 Å². The summed E-state index contributed by atoms with van der Waals surface area (Å²) in [5, 5.41) is 3.86. The molecule has 0 aliphatic heterocycles. The molecule has 0 unspecified atom stereocenters. The van der Waals surface area contributed by atoms with Gasteiger partial charge in [0.15, 0.2) is 5.96 Å². The van der Waals surface area contributed by atoms with Crippen molar-refractivity contribution in [2.75, 3.05) is 13.2 Å². The van der Waals surface area contributed by atoms with Crippen LogP contribution in [-0.2, 0) is 6.54 Å². The second kappa shape index (κ2) is 11.3. The van der Waals surface area contributed by atoms with Gasteiger partial charge < -0.3 is 15.8 Å². The van der Waals surface area contributed by atoms with Crippen LogP contribution in [0.25, 0.3) is 0 Å². The van der Waals surface area contributed by atoms with Crippen LogP contribution in [0.2, 0.25) is 5.02 Å². The highest BCUT2D eigenvalue weighted by atomic mass is 35.5. The normalized spacial score (nSPS) is 11.3. The first-order valence-electron chi connectivity index (χ1n) is 8.55. The van der Waals surface area contributed by atoms with E-state index in [0.29, 0.717) is 12.5 Å². The molecular weight excluding hydrogens is 336 g/mol. The maximum atomic E-state index is 5.85. The van der Waals surface area contributed by atoms with Crippen LogP contribution in [0.15, 0.2) is 53.8 Å². The molecule has 25 heavy (non-hydrogen) atoms. The van der Waals surface area contributed by atoms with E-state index in [0.717, 1.165) is 55.2 Å². The average Bonchev–Trinajstić information content (AvgIpc) is 2.64. The van der Waals surface area contributed by atoms with Gasteiger partial charge >= 0.3 is 0 Å². The molecule has 0 saturated heterocycles. The van der Waals surface area contributed by atoms with Crippen molar-refractivity contribution < 1.29 is 4.74 Å². The molecular formula is C19H25ClN4O. The van der Waals surface area contributed by atoms with E-state index in [-0.39, 0.29) is 0 Å². The van der Waals surface area contributed by atoms with E-state index in [1.54, 1.807) is 12.4 Å². The van der Waals surface area contributed by atoms with Gasteiger partial charge in [-0.05, 0) is 48.7 Å². The molecule has 5 nitrogen and oxygen atoms in total.